The molecule has 1 aliphatic heterocycles. The van der Waals surface area contributed by atoms with E-state index >= 15 is 0 Å². The van der Waals surface area contributed by atoms with Gasteiger partial charge < -0.3 is 0 Å². The molecule has 0 spiro atoms. The molecule has 24 heavy (non-hydrogen) atoms. The molecule has 0 radical (unpaired) electrons. The van der Waals surface area contributed by atoms with Gasteiger partial charge in [0.25, 0.3) is 0 Å². The minimum Gasteiger partial charge on any atom is -0.287 e. The smallest absolute Gasteiger partial charge is 0.287 e. The third kappa shape index (κ3) is 2.98. The van der Waals surface area contributed by atoms with Crippen LogP contribution in [0.1, 0.15) is 31.0 Å². The Hall–Kier alpha value is -2.08. The van der Waals surface area contributed by atoms with Gasteiger partial charge in [0.1, 0.15) is 6.04 Å². The lowest BCUT2D eigenvalue weighted by atomic mass is 9.93. The molecule has 0 aromatic heterocycles. The molecule has 1 unspecified atom stereocenters. The van der Waals surface area contributed by atoms with E-state index in [1.807, 2.05) is 25.1 Å². The van der Waals surface area contributed by atoms with E-state index in [2.05, 4.69) is 5.43 Å². The topological polar surface area (TPSA) is 32.3 Å². The second-order valence-electron chi connectivity index (χ2n) is 7.01. The van der Waals surface area contributed by atoms with Crippen molar-refractivity contribution in [3.05, 3.63) is 47.5 Å². The van der Waals surface area contributed by atoms with Crippen LogP contribution in [-0.2, 0) is 4.79 Å². The molecule has 1 fully saturated rings. The summed E-state index contributed by atoms with van der Waals surface area (Å²) < 4.78 is 41.1. The molecule has 1 heterocycles. The van der Waals surface area contributed by atoms with Gasteiger partial charge in [0, 0.05) is 6.54 Å². The minimum atomic E-state index is -4.49. The second-order valence-corrected chi connectivity index (χ2v) is 7.01. The van der Waals surface area contributed by atoms with Crippen LogP contribution in [0.3, 0.4) is 0 Å². The zero-order chi connectivity index (χ0) is 17.7. The van der Waals surface area contributed by atoms with Crippen molar-refractivity contribution in [3.63, 3.8) is 0 Å². The van der Waals surface area contributed by atoms with E-state index in [9.17, 15) is 18.0 Å². The van der Waals surface area contributed by atoms with E-state index in [1.54, 1.807) is 26.0 Å². The summed E-state index contributed by atoms with van der Waals surface area (Å²) in [5.74, 6) is -0.395. The number of amides is 1. The predicted molar refractivity (Wildman–Crippen MR) is 86.1 cm³/mol. The Balaban J connectivity index is 2.04. The first-order valence-electron chi connectivity index (χ1n) is 7.73. The molecule has 3 nitrogen and oxygen atoms in total. The van der Waals surface area contributed by atoms with Crippen LogP contribution in [0, 0.1) is 12.3 Å². The van der Waals surface area contributed by atoms with E-state index in [4.69, 9.17) is 0 Å². The van der Waals surface area contributed by atoms with Gasteiger partial charge in [-0.1, -0.05) is 35.9 Å². The molecule has 6 heteroatoms. The van der Waals surface area contributed by atoms with Crippen molar-refractivity contribution in [2.75, 3.05) is 6.54 Å². The van der Waals surface area contributed by atoms with Gasteiger partial charge in [0.2, 0.25) is 5.91 Å². The average Bonchev–Trinajstić information content (AvgIpc) is 2.71. The quantitative estimate of drug-likeness (QED) is 0.894. The number of benzene rings is 2. The fourth-order valence-electron chi connectivity index (χ4n) is 3.07. The van der Waals surface area contributed by atoms with Crippen molar-refractivity contribution in [2.45, 2.75) is 33.0 Å². The van der Waals surface area contributed by atoms with Gasteiger partial charge in [-0.25, -0.2) is 5.01 Å². The number of nitrogens with one attached hydrogen (secondary N) is 1. The summed E-state index contributed by atoms with van der Waals surface area (Å²) in [6.45, 7) is 5.22. The number of alkyl halides is 3. The van der Waals surface area contributed by atoms with Crippen LogP contribution >= 0.6 is 0 Å². The maximum absolute atomic E-state index is 13.7. The number of hydrogen-bond donors (Lipinski definition) is 1. The lowest BCUT2D eigenvalue weighted by Gasteiger charge is -2.30. The number of fused-ring (bicyclic) bond motifs is 1. The normalized spacial score (nSPS) is 19.5. The fourth-order valence-corrected chi connectivity index (χ4v) is 3.07. The molecule has 1 atom stereocenters. The number of nitrogens with zero attached hydrogens (tertiary/aromatic N) is 1. The standard InChI is InChI=1S/C18H19F3N2O/c1-11-4-5-13-9-14(7-6-12(13)8-11)15(18(19,20)21)23-10-17(2,3)16(24)22-23/h4-9,15H,10H2,1-3H3,(H,22,24). The summed E-state index contributed by atoms with van der Waals surface area (Å²) in [7, 11) is 0. The number of hydrogen-bond acceptors (Lipinski definition) is 2. The largest absolute Gasteiger partial charge is 0.409 e. The Morgan fingerprint density at radius 1 is 1.12 bits per heavy atom. The second kappa shape index (κ2) is 5.48. The Labute approximate surface area is 138 Å². The first-order valence-corrected chi connectivity index (χ1v) is 7.73. The number of carbonyl (C=O) groups is 1. The van der Waals surface area contributed by atoms with Gasteiger partial charge in [0.15, 0.2) is 0 Å². The van der Waals surface area contributed by atoms with Gasteiger partial charge in [0.05, 0.1) is 5.41 Å². The van der Waals surface area contributed by atoms with E-state index in [1.165, 1.54) is 6.07 Å². The minimum absolute atomic E-state index is 0.00193. The fraction of sp³-hybridized carbons (Fsp3) is 0.389. The van der Waals surface area contributed by atoms with Crippen LogP contribution in [0.5, 0.6) is 0 Å². The first-order chi connectivity index (χ1) is 11.1. The van der Waals surface area contributed by atoms with Gasteiger partial charge in [-0.3, -0.25) is 10.2 Å². The van der Waals surface area contributed by atoms with Crippen molar-refractivity contribution < 1.29 is 18.0 Å². The number of rotatable bonds is 2. The van der Waals surface area contributed by atoms with Gasteiger partial charge in [-0.2, -0.15) is 13.2 Å². The molecular weight excluding hydrogens is 317 g/mol. The van der Waals surface area contributed by atoms with Gasteiger partial charge in [-0.15, -0.1) is 0 Å². The molecular formula is C18H19F3N2O. The molecule has 1 amide bonds. The molecule has 2 aromatic rings. The zero-order valence-electron chi connectivity index (χ0n) is 13.7. The van der Waals surface area contributed by atoms with Crippen LogP contribution in [0.4, 0.5) is 13.2 Å². The highest BCUT2D eigenvalue weighted by molar-refractivity contribution is 5.85. The number of halogens is 3. The molecule has 128 valence electrons. The summed E-state index contributed by atoms with van der Waals surface area (Å²) in [6.07, 6.45) is -4.49. The molecule has 2 aromatic carbocycles. The lowest BCUT2D eigenvalue weighted by Crippen LogP contribution is -2.43. The van der Waals surface area contributed by atoms with Crippen molar-refractivity contribution in [1.82, 2.24) is 10.4 Å². The predicted octanol–water partition coefficient (Wildman–Crippen LogP) is 4.12. The third-order valence-electron chi connectivity index (χ3n) is 4.38. The van der Waals surface area contributed by atoms with Crippen molar-refractivity contribution >= 4 is 16.7 Å². The van der Waals surface area contributed by atoms with Crippen molar-refractivity contribution in [2.24, 2.45) is 5.41 Å². The zero-order valence-corrected chi connectivity index (χ0v) is 13.7. The summed E-state index contributed by atoms with van der Waals surface area (Å²) in [5.41, 5.74) is 2.71. The molecule has 1 aliphatic rings. The SMILES string of the molecule is Cc1ccc2cc(C(N3CC(C)(C)C(=O)N3)C(F)(F)F)ccc2c1. The number of aryl methyl sites for hydroxylation is 1. The molecule has 0 bridgehead atoms. The average molecular weight is 336 g/mol. The highest BCUT2D eigenvalue weighted by atomic mass is 19.4. The van der Waals surface area contributed by atoms with E-state index in [-0.39, 0.29) is 12.1 Å². The summed E-state index contributed by atoms with van der Waals surface area (Å²) in [4.78, 5) is 11.9. The Morgan fingerprint density at radius 2 is 1.75 bits per heavy atom. The van der Waals surface area contributed by atoms with Crippen LogP contribution in [0.15, 0.2) is 36.4 Å². The Morgan fingerprint density at radius 3 is 2.33 bits per heavy atom. The molecule has 1 saturated heterocycles. The number of hydrazine groups is 1. The maximum Gasteiger partial charge on any atom is 0.409 e. The highest BCUT2D eigenvalue weighted by Crippen LogP contribution is 2.41. The monoisotopic (exact) mass is 336 g/mol. The Bertz CT molecular complexity index is 798. The molecule has 0 saturated carbocycles. The summed E-state index contributed by atoms with van der Waals surface area (Å²) in [5, 5.41) is 2.64. The van der Waals surface area contributed by atoms with E-state index in [0.29, 0.717) is 0 Å². The third-order valence-corrected chi connectivity index (χ3v) is 4.38. The van der Waals surface area contributed by atoms with E-state index < -0.39 is 23.5 Å². The summed E-state index contributed by atoms with van der Waals surface area (Å²) in [6, 6.07) is 8.47. The Kier molecular flexibility index (Phi) is 3.83. The van der Waals surface area contributed by atoms with Crippen LogP contribution < -0.4 is 5.43 Å². The lowest BCUT2D eigenvalue weighted by molar-refractivity contribution is -0.191. The van der Waals surface area contributed by atoms with E-state index in [0.717, 1.165) is 21.3 Å². The highest BCUT2D eigenvalue weighted by Gasteiger charge is 2.51. The van der Waals surface area contributed by atoms with Crippen molar-refractivity contribution in [1.29, 1.82) is 0 Å². The van der Waals surface area contributed by atoms with Crippen molar-refractivity contribution in [3.8, 4) is 0 Å². The number of carbonyl (C=O) groups excluding carboxylic acids is 1. The van der Waals surface area contributed by atoms with Crippen LogP contribution in [0.25, 0.3) is 10.8 Å². The summed E-state index contributed by atoms with van der Waals surface area (Å²) >= 11 is 0. The van der Waals surface area contributed by atoms with Crippen LogP contribution in [0.2, 0.25) is 0 Å². The molecule has 3 rings (SSSR count). The maximum atomic E-state index is 13.7. The molecule has 0 aliphatic carbocycles. The van der Waals surface area contributed by atoms with Crippen LogP contribution in [-0.4, -0.2) is 23.6 Å². The van der Waals surface area contributed by atoms with Gasteiger partial charge >= 0.3 is 6.18 Å². The first kappa shape index (κ1) is 16.8. The molecule has 1 N–H and O–H groups in total. The van der Waals surface area contributed by atoms with Gasteiger partial charge in [-0.05, 0) is 43.2 Å².